The van der Waals surface area contributed by atoms with Crippen LogP contribution in [0.25, 0.3) is 33.4 Å². The van der Waals surface area contributed by atoms with E-state index in [9.17, 15) is 14.0 Å². The van der Waals surface area contributed by atoms with Gasteiger partial charge in [0.2, 0.25) is 5.91 Å². The van der Waals surface area contributed by atoms with Gasteiger partial charge in [-0.3, -0.25) is 9.78 Å². The van der Waals surface area contributed by atoms with Crippen molar-refractivity contribution in [2.75, 3.05) is 5.32 Å². The molecule has 0 aliphatic carbocycles. The van der Waals surface area contributed by atoms with Crippen LogP contribution in [0.2, 0.25) is 0 Å². The molecule has 0 aliphatic rings. The molecule has 0 spiro atoms. The van der Waals surface area contributed by atoms with E-state index in [4.69, 9.17) is 4.74 Å². The van der Waals surface area contributed by atoms with Gasteiger partial charge in [0.25, 0.3) is 0 Å². The van der Waals surface area contributed by atoms with Gasteiger partial charge >= 0.3 is 6.09 Å². The van der Waals surface area contributed by atoms with Crippen molar-refractivity contribution in [2.24, 2.45) is 0 Å². The Bertz CT molecular complexity index is 1660. The number of carbonyl (C=O) groups excluding carboxylic acids is 2. The Hall–Kier alpha value is -5.05. The van der Waals surface area contributed by atoms with Crippen molar-refractivity contribution in [3.05, 3.63) is 103 Å². The molecule has 2 amide bonds. The van der Waals surface area contributed by atoms with E-state index in [1.54, 1.807) is 51.4 Å². The molecule has 3 heterocycles. The third-order valence-corrected chi connectivity index (χ3v) is 6.30. The molecule has 5 aromatic rings. The molecule has 8 nitrogen and oxygen atoms in total. The number of ether oxygens (including phenoxy) is 1. The van der Waals surface area contributed by atoms with E-state index in [1.807, 2.05) is 48.5 Å². The number of carbonyl (C=O) groups is 2. The second kappa shape index (κ2) is 11.6. The first-order chi connectivity index (χ1) is 19.7. The Morgan fingerprint density at radius 2 is 1.63 bits per heavy atom. The second-order valence-corrected chi connectivity index (χ2v) is 10.6. The summed E-state index contributed by atoms with van der Waals surface area (Å²) in [6.45, 7) is 5.28. The van der Waals surface area contributed by atoms with Gasteiger partial charge in [-0.1, -0.05) is 30.3 Å². The normalized spacial score (nSPS) is 12.1. The van der Waals surface area contributed by atoms with Gasteiger partial charge in [0.15, 0.2) is 0 Å². The Morgan fingerprint density at radius 3 is 2.32 bits per heavy atom. The maximum absolute atomic E-state index is 13.7. The van der Waals surface area contributed by atoms with Gasteiger partial charge in [-0.15, -0.1) is 0 Å². The maximum Gasteiger partial charge on any atom is 0.408 e. The van der Waals surface area contributed by atoms with Crippen LogP contribution in [0.1, 0.15) is 26.3 Å². The molecule has 0 aliphatic heterocycles. The summed E-state index contributed by atoms with van der Waals surface area (Å²) in [6, 6.07) is 22.1. The molecule has 1 atom stereocenters. The highest BCUT2D eigenvalue weighted by molar-refractivity contribution is 6.04. The number of benzene rings is 2. The summed E-state index contributed by atoms with van der Waals surface area (Å²) in [4.78, 5) is 38.1. The standard InChI is InChI=1S/C32H30FN5O3/c1-32(2,3)41-31(40)35-25(19-20-7-5-4-6-8-20)30(39)37-26-14-13-24-27(21-15-17-34-18-16-21)28(38-29(24)36-26)22-9-11-23(33)12-10-22/h4-18,25H,19H2,1-3H3,(H,35,40)(H2,36,37,38,39). The zero-order valence-electron chi connectivity index (χ0n) is 22.9. The van der Waals surface area contributed by atoms with Crippen LogP contribution < -0.4 is 10.6 Å². The molecule has 3 N–H and O–H groups in total. The third-order valence-electron chi connectivity index (χ3n) is 6.30. The highest BCUT2D eigenvalue weighted by Crippen LogP contribution is 2.38. The number of hydrogen-bond donors (Lipinski definition) is 3. The highest BCUT2D eigenvalue weighted by atomic mass is 19.1. The summed E-state index contributed by atoms with van der Waals surface area (Å²) in [6.07, 6.45) is 2.98. The number of pyridine rings is 2. The average molecular weight is 552 g/mol. The van der Waals surface area contributed by atoms with Gasteiger partial charge in [0.1, 0.15) is 28.9 Å². The SMILES string of the molecule is CC(C)(C)OC(=O)NC(Cc1ccccc1)C(=O)Nc1ccc2c(-c3ccncc3)c(-c3ccc(F)cc3)[nH]c2n1. The van der Waals surface area contributed by atoms with Gasteiger partial charge in [-0.05, 0) is 86.0 Å². The van der Waals surface area contributed by atoms with Crippen LogP contribution in [0, 0.1) is 5.82 Å². The first-order valence-electron chi connectivity index (χ1n) is 13.2. The number of halogens is 1. The van der Waals surface area contributed by atoms with Gasteiger partial charge in [-0.2, -0.15) is 0 Å². The van der Waals surface area contributed by atoms with E-state index in [-0.39, 0.29) is 12.2 Å². The Morgan fingerprint density at radius 1 is 0.927 bits per heavy atom. The Balaban J connectivity index is 1.46. The summed E-state index contributed by atoms with van der Waals surface area (Å²) in [5, 5.41) is 6.35. The number of alkyl carbamates (subject to hydrolysis) is 1. The molecule has 0 radical (unpaired) electrons. The van der Waals surface area contributed by atoms with Crippen molar-refractivity contribution in [3.63, 3.8) is 0 Å². The second-order valence-electron chi connectivity index (χ2n) is 10.6. The fourth-order valence-corrected chi connectivity index (χ4v) is 4.52. The largest absolute Gasteiger partial charge is 0.444 e. The molecular weight excluding hydrogens is 521 g/mol. The quantitative estimate of drug-likeness (QED) is 0.214. The van der Waals surface area contributed by atoms with Crippen molar-refractivity contribution in [2.45, 2.75) is 38.8 Å². The topological polar surface area (TPSA) is 109 Å². The van der Waals surface area contributed by atoms with Crippen LogP contribution in [0.4, 0.5) is 15.0 Å². The van der Waals surface area contributed by atoms with Crippen LogP contribution >= 0.6 is 0 Å². The summed E-state index contributed by atoms with van der Waals surface area (Å²) >= 11 is 0. The van der Waals surface area contributed by atoms with E-state index in [2.05, 4.69) is 25.6 Å². The Labute approximate surface area is 237 Å². The molecule has 0 bridgehead atoms. The molecule has 0 saturated heterocycles. The summed E-state index contributed by atoms with van der Waals surface area (Å²) in [7, 11) is 0. The number of anilines is 1. The fraction of sp³-hybridized carbons (Fsp3) is 0.188. The van der Waals surface area contributed by atoms with E-state index in [0.29, 0.717) is 11.5 Å². The smallest absolute Gasteiger partial charge is 0.408 e. The zero-order valence-corrected chi connectivity index (χ0v) is 22.9. The molecule has 9 heteroatoms. The number of nitrogens with one attached hydrogen (secondary N) is 3. The molecule has 0 saturated carbocycles. The molecule has 208 valence electrons. The van der Waals surface area contributed by atoms with E-state index in [0.717, 1.165) is 33.3 Å². The molecule has 2 aromatic carbocycles. The first-order valence-corrected chi connectivity index (χ1v) is 13.2. The lowest BCUT2D eigenvalue weighted by Gasteiger charge is -2.23. The average Bonchev–Trinajstić information content (AvgIpc) is 3.32. The van der Waals surface area contributed by atoms with Crippen molar-refractivity contribution in [1.82, 2.24) is 20.3 Å². The van der Waals surface area contributed by atoms with E-state index < -0.39 is 23.6 Å². The first kappa shape index (κ1) is 27.5. The van der Waals surface area contributed by atoms with Crippen LogP contribution in [-0.2, 0) is 16.0 Å². The Kier molecular flexibility index (Phi) is 7.78. The predicted molar refractivity (Wildman–Crippen MR) is 157 cm³/mol. The number of H-pyrrole nitrogens is 1. The van der Waals surface area contributed by atoms with Crippen LogP contribution in [-0.4, -0.2) is 38.6 Å². The molecule has 3 aromatic heterocycles. The van der Waals surface area contributed by atoms with Crippen LogP contribution in [0.3, 0.4) is 0 Å². The van der Waals surface area contributed by atoms with Gasteiger partial charge in [0.05, 0.1) is 5.69 Å². The molecule has 1 unspecified atom stereocenters. The number of hydrogen-bond acceptors (Lipinski definition) is 5. The number of amides is 2. The summed E-state index contributed by atoms with van der Waals surface area (Å²) < 4.78 is 19.1. The maximum atomic E-state index is 13.7. The minimum Gasteiger partial charge on any atom is -0.444 e. The van der Waals surface area contributed by atoms with Crippen LogP contribution in [0.15, 0.2) is 91.3 Å². The predicted octanol–water partition coefficient (Wildman–Crippen LogP) is 6.51. The third kappa shape index (κ3) is 6.75. The van der Waals surface area contributed by atoms with E-state index >= 15 is 0 Å². The molecular formula is C32H30FN5O3. The molecule has 41 heavy (non-hydrogen) atoms. The zero-order chi connectivity index (χ0) is 29.0. The highest BCUT2D eigenvalue weighted by Gasteiger charge is 2.25. The number of aromatic nitrogens is 3. The fourth-order valence-electron chi connectivity index (χ4n) is 4.52. The number of fused-ring (bicyclic) bond motifs is 1. The number of rotatable bonds is 7. The minimum absolute atomic E-state index is 0.261. The van der Waals surface area contributed by atoms with Crippen molar-refractivity contribution >= 4 is 28.9 Å². The lowest BCUT2D eigenvalue weighted by Crippen LogP contribution is -2.47. The van der Waals surface area contributed by atoms with Crippen molar-refractivity contribution in [3.8, 4) is 22.4 Å². The number of aromatic amines is 1. The summed E-state index contributed by atoms with van der Waals surface area (Å²) in [5.41, 5.74) is 4.03. The van der Waals surface area contributed by atoms with Gasteiger partial charge in [-0.25, -0.2) is 14.2 Å². The molecule has 0 fully saturated rings. The lowest BCUT2D eigenvalue weighted by molar-refractivity contribution is -0.118. The number of nitrogens with zero attached hydrogens (tertiary/aromatic N) is 2. The lowest BCUT2D eigenvalue weighted by atomic mass is 10.00. The van der Waals surface area contributed by atoms with Gasteiger partial charge < -0.3 is 20.4 Å². The summed E-state index contributed by atoms with van der Waals surface area (Å²) in [5.74, 6) is -0.463. The van der Waals surface area contributed by atoms with E-state index in [1.165, 1.54) is 12.1 Å². The monoisotopic (exact) mass is 551 g/mol. The van der Waals surface area contributed by atoms with Crippen molar-refractivity contribution in [1.29, 1.82) is 0 Å². The van der Waals surface area contributed by atoms with Gasteiger partial charge in [0, 0.05) is 29.8 Å². The molecule has 5 rings (SSSR count). The van der Waals surface area contributed by atoms with Crippen molar-refractivity contribution < 1.29 is 18.7 Å². The minimum atomic E-state index is -0.907. The van der Waals surface area contributed by atoms with Crippen LogP contribution in [0.5, 0.6) is 0 Å².